The first-order valence-electron chi connectivity index (χ1n) is 6.39. The Morgan fingerprint density at radius 2 is 1.86 bits per heavy atom. The lowest BCUT2D eigenvalue weighted by molar-refractivity contribution is -0.133. The Morgan fingerprint density at radius 3 is 2.67 bits per heavy atom. The molecule has 1 N–H and O–H groups in total. The van der Waals surface area contributed by atoms with Gasteiger partial charge in [0.15, 0.2) is 5.43 Å². The predicted molar refractivity (Wildman–Crippen MR) is 89.4 cm³/mol. The number of aliphatic carboxylic acids is 1. The smallest absolute Gasteiger partial charge is 0.313 e. The van der Waals surface area contributed by atoms with E-state index in [1.165, 1.54) is 11.8 Å². The molecule has 0 amide bonds. The maximum absolute atomic E-state index is 12.5. The third-order valence-corrected chi connectivity index (χ3v) is 5.27. The maximum Gasteiger partial charge on any atom is 0.313 e. The molecule has 0 radical (unpaired) electrons. The van der Waals surface area contributed by atoms with Gasteiger partial charge in [0.05, 0.1) is 5.75 Å². The molecule has 0 aliphatic heterocycles. The molecule has 5 heteroatoms. The van der Waals surface area contributed by atoms with Gasteiger partial charge in [-0.3, -0.25) is 9.59 Å². The van der Waals surface area contributed by atoms with E-state index in [9.17, 15) is 9.59 Å². The van der Waals surface area contributed by atoms with E-state index in [4.69, 9.17) is 5.11 Å². The van der Waals surface area contributed by atoms with Crippen LogP contribution in [0.1, 0.15) is 5.56 Å². The minimum absolute atomic E-state index is 0.0458. The van der Waals surface area contributed by atoms with Crippen molar-refractivity contribution in [2.75, 3.05) is 5.75 Å². The van der Waals surface area contributed by atoms with Crippen LogP contribution >= 0.6 is 23.1 Å². The molecule has 21 heavy (non-hydrogen) atoms. The molecule has 0 aliphatic carbocycles. The number of carboxylic acids is 1. The van der Waals surface area contributed by atoms with E-state index in [0.717, 1.165) is 20.3 Å². The number of benzene rings is 2. The van der Waals surface area contributed by atoms with Crippen molar-refractivity contribution in [1.29, 1.82) is 0 Å². The van der Waals surface area contributed by atoms with Gasteiger partial charge in [0, 0.05) is 25.9 Å². The quantitative estimate of drug-likeness (QED) is 0.745. The van der Waals surface area contributed by atoms with Crippen molar-refractivity contribution in [2.24, 2.45) is 0 Å². The van der Waals surface area contributed by atoms with Crippen molar-refractivity contribution in [2.45, 2.75) is 5.75 Å². The van der Waals surface area contributed by atoms with Crippen LogP contribution in [0.2, 0.25) is 0 Å². The van der Waals surface area contributed by atoms with Crippen LogP contribution < -0.4 is 5.43 Å². The summed E-state index contributed by atoms with van der Waals surface area (Å²) in [7, 11) is 0. The molecule has 0 aliphatic rings. The average molecular weight is 316 g/mol. The number of carbonyl (C=O) groups is 1. The summed E-state index contributed by atoms with van der Waals surface area (Å²) in [6, 6.07) is 13.4. The summed E-state index contributed by atoms with van der Waals surface area (Å²) >= 11 is 2.94. The summed E-state index contributed by atoms with van der Waals surface area (Å²) < 4.78 is 1.95. The molecule has 106 valence electrons. The summed E-state index contributed by atoms with van der Waals surface area (Å²) in [5.41, 5.74) is 1.03. The van der Waals surface area contributed by atoms with E-state index in [-0.39, 0.29) is 11.2 Å². The Hall–Kier alpha value is -1.85. The fourth-order valence-corrected chi connectivity index (χ4v) is 3.94. The Kier molecular flexibility index (Phi) is 3.94. The van der Waals surface area contributed by atoms with Gasteiger partial charge in [0.1, 0.15) is 0 Å². The standard InChI is InChI=1S/C16H12O3S2/c17-15(18)9-20-8-10-5-6-14-12(7-10)16(19)11-3-1-2-4-13(11)21-14/h1-7H,8-9H2,(H,17,18). The highest BCUT2D eigenvalue weighted by atomic mass is 32.2. The lowest BCUT2D eigenvalue weighted by Gasteiger charge is -2.04. The molecular weight excluding hydrogens is 304 g/mol. The van der Waals surface area contributed by atoms with Crippen molar-refractivity contribution in [1.82, 2.24) is 0 Å². The molecular formula is C16H12O3S2. The van der Waals surface area contributed by atoms with Gasteiger partial charge in [-0.1, -0.05) is 18.2 Å². The monoisotopic (exact) mass is 316 g/mol. The van der Waals surface area contributed by atoms with Crippen molar-refractivity contribution in [3.05, 3.63) is 58.3 Å². The first kappa shape index (κ1) is 14.1. The first-order chi connectivity index (χ1) is 10.1. The Bertz CT molecular complexity index is 883. The second kappa shape index (κ2) is 5.87. The SMILES string of the molecule is O=C(O)CSCc1ccc2sc3ccccc3c(=O)c2c1. The fourth-order valence-electron chi connectivity index (χ4n) is 2.20. The zero-order valence-corrected chi connectivity index (χ0v) is 12.7. The van der Waals surface area contributed by atoms with E-state index in [1.807, 2.05) is 42.5 Å². The minimum Gasteiger partial charge on any atom is -0.481 e. The Labute approximate surface area is 129 Å². The van der Waals surface area contributed by atoms with Gasteiger partial charge in [-0.05, 0) is 29.8 Å². The van der Waals surface area contributed by atoms with Crippen molar-refractivity contribution < 1.29 is 9.90 Å². The van der Waals surface area contributed by atoms with Gasteiger partial charge in [-0.25, -0.2) is 0 Å². The molecule has 3 nitrogen and oxygen atoms in total. The number of carboxylic acid groups (broad SMARTS) is 1. The van der Waals surface area contributed by atoms with Crippen molar-refractivity contribution in [3.63, 3.8) is 0 Å². The van der Waals surface area contributed by atoms with Crippen LogP contribution in [0, 0.1) is 0 Å². The average Bonchev–Trinajstić information content (AvgIpc) is 2.48. The van der Waals surface area contributed by atoms with Crippen molar-refractivity contribution in [3.8, 4) is 0 Å². The van der Waals surface area contributed by atoms with E-state index in [1.54, 1.807) is 11.3 Å². The molecule has 1 heterocycles. The van der Waals surface area contributed by atoms with E-state index < -0.39 is 5.97 Å². The highest BCUT2D eigenvalue weighted by Gasteiger charge is 2.07. The van der Waals surface area contributed by atoms with Crippen LogP contribution in [0.25, 0.3) is 20.2 Å². The van der Waals surface area contributed by atoms with E-state index in [0.29, 0.717) is 11.1 Å². The first-order valence-corrected chi connectivity index (χ1v) is 8.36. The summed E-state index contributed by atoms with van der Waals surface area (Å²) in [5.74, 6) is -0.152. The van der Waals surface area contributed by atoms with Crippen molar-refractivity contribution >= 4 is 49.2 Å². The molecule has 0 spiro atoms. The summed E-state index contributed by atoms with van der Waals surface area (Å²) in [5, 5.41) is 10.1. The van der Waals surface area contributed by atoms with Crippen LogP contribution in [-0.2, 0) is 10.5 Å². The maximum atomic E-state index is 12.5. The van der Waals surface area contributed by atoms with Gasteiger partial charge >= 0.3 is 5.97 Å². The molecule has 2 aromatic carbocycles. The predicted octanol–water partition coefficient (Wildman–Crippen LogP) is 3.73. The number of fused-ring (bicyclic) bond motifs is 2. The van der Waals surface area contributed by atoms with Crippen LogP contribution in [0.15, 0.2) is 47.3 Å². The number of hydrogen-bond donors (Lipinski definition) is 1. The van der Waals surface area contributed by atoms with Gasteiger partial charge < -0.3 is 5.11 Å². The highest BCUT2D eigenvalue weighted by molar-refractivity contribution is 7.99. The molecule has 0 fully saturated rings. The minimum atomic E-state index is -0.821. The molecule has 3 rings (SSSR count). The highest BCUT2D eigenvalue weighted by Crippen LogP contribution is 2.26. The third-order valence-electron chi connectivity index (χ3n) is 3.13. The zero-order valence-electron chi connectivity index (χ0n) is 11.0. The van der Waals surface area contributed by atoms with Gasteiger partial charge in [0.2, 0.25) is 0 Å². The second-order valence-electron chi connectivity index (χ2n) is 4.64. The zero-order chi connectivity index (χ0) is 14.8. The molecule has 0 saturated heterocycles. The number of thioether (sulfide) groups is 1. The Morgan fingerprint density at radius 1 is 1.10 bits per heavy atom. The third kappa shape index (κ3) is 2.94. The summed E-state index contributed by atoms with van der Waals surface area (Å²) in [4.78, 5) is 23.1. The lowest BCUT2D eigenvalue weighted by atomic mass is 10.1. The number of hydrogen-bond acceptors (Lipinski definition) is 4. The molecule has 0 bridgehead atoms. The fraction of sp³-hybridized carbons (Fsp3) is 0.125. The van der Waals surface area contributed by atoms with Gasteiger partial charge in [-0.15, -0.1) is 23.1 Å². The molecule has 3 aromatic rings. The van der Waals surface area contributed by atoms with Crippen LogP contribution in [0.5, 0.6) is 0 Å². The van der Waals surface area contributed by atoms with Crippen LogP contribution in [0.4, 0.5) is 0 Å². The summed E-state index contributed by atoms with van der Waals surface area (Å²) in [6.07, 6.45) is 0. The molecule has 0 unspecified atom stereocenters. The molecule has 1 aromatic heterocycles. The topological polar surface area (TPSA) is 54.4 Å². The van der Waals surface area contributed by atoms with Gasteiger partial charge in [-0.2, -0.15) is 0 Å². The second-order valence-corrected chi connectivity index (χ2v) is 6.71. The summed E-state index contributed by atoms with van der Waals surface area (Å²) in [6.45, 7) is 0. The van der Waals surface area contributed by atoms with E-state index in [2.05, 4.69) is 0 Å². The largest absolute Gasteiger partial charge is 0.481 e. The normalized spacial score (nSPS) is 11.0. The van der Waals surface area contributed by atoms with Crippen LogP contribution in [0.3, 0.4) is 0 Å². The Balaban J connectivity index is 2.04. The van der Waals surface area contributed by atoms with Crippen LogP contribution in [-0.4, -0.2) is 16.8 Å². The number of rotatable bonds is 4. The molecule has 0 saturated carbocycles. The lowest BCUT2D eigenvalue weighted by Crippen LogP contribution is -2.02. The van der Waals surface area contributed by atoms with Gasteiger partial charge in [0.25, 0.3) is 0 Å². The molecule has 0 atom stereocenters. The van der Waals surface area contributed by atoms with E-state index >= 15 is 0 Å².